The number of carbonyl (C=O) groups excluding carboxylic acids is 2. The molecule has 1 unspecified atom stereocenters. The van der Waals surface area contributed by atoms with Gasteiger partial charge in [-0.25, -0.2) is 4.79 Å². The van der Waals surface area contributed by atoms with E-state index in [0.717, 1.165) is 23.4 Å². The maximum absolute atomic E-state index is 12.7. The molecule has 7 heteroatoms. The molecule has 26 heavy (non-hydrogen) atoms. The number of nitrogens with one attached hydrogen (secondary N) is 2. The Labute approximate surface area is 162 Å². The van der Waals surface area contributed by atoms with Gasteiger partial charge in [-0.1, -0.05) is 0 Å². The minimum atomic E-state index is -0.369. The predicted octanol–water partition coefficient (Wildman–Crippen LogP) is 2.74. The lowest BCUT2D eigenvalue weighted by Crippen LogP contribution is -3.14. The highest BCUT2D eigenvalue weighted by molar-refractivity contribution is 7.16. The van der Waals surface area contributed by atoms with Crippen molar-refractivity contribution < 1.29 is 19.2 Å². The third-order valence-electron chi connectivity index (χ3n) is 5.04. The second kappa shape index (κ2) is 7.90. The van der Waals surface area contributed by atoms with Crippen LogP contribution < -0.4 is 10.2 Å². The van der Waals surface area contributed by atoms with Crippen LogP contribution in [0.4, 0.5) is 5.00 Å². The van der Waals surface area contributed by atoms with Crippen molar-refractivity contribution >= 4 is 39.6 Å². The Bertz CT molecular complexity index is 825. The molecule has 0 bridgehead atoms. The van der Waals surface area contributed by atoms with Crippen molar-refractivity contribution in [3.63, 3.8) is 0 Å². The predicted molar refractivity (Wildman–Crippen MR) is 106 cm³/mol. The molecule has 3 rings (SSSR count). The number of anilines is 1. The van der Waals surface area contributed by atoms with E-state index in [2.05, 4.69) is 23.7 Å². The number of hydrogen-bond donors (Lipinski definition) is 2. The molecule has 0 radical (unpaired) electrons. The lowest BCUT2D eigenvalue weighted by Gasteiger charge is -2.29. The molecule has 2 N–H and O–H groups in total. The number of amides is 1. The normalized spacial score (nSPS) is 19.1. The van der Waals surface area contributed by atoms with Crippen molar-refractivity contribution in [2.24, 2.45) is 0 Å². The molecule has 2 aromatic heterocycles. The molecule has 0 aromatic carbocycles. The highest BCUT2D eigenvalue weighted by Gasteiger charge is 2.30. The molecule has 0 spiro atoms. The van der Waals surface area contributed by atoms with Crippen LogP contribution >= 0.6 is 22.7 Å². The van der Waals surface area contributed by atoms with Crippen molar-refractivity contribution in [3.05, 3.63) is 37.9 Å². The first-order valence-corrected chi connectivity index (χ1v) is 10.6. The Morgan fingerprint density at radius 1 is 1.38 bits per heavy atom. The molecule has 0 fully saturated rings. The van der Waals surface area contributed by atoms with Crippen molar-refractivity contribution in [3.8, 4) is 0 Å². The van der Waals surface area contributed by atoms with Gasteiger partial charge >= 0.3 is 5.97 Å². The third-order valence-corrected chi connectivity index (χ3v) is 7.16. The topological polar surface area (TPSA) is 59.8 Å². The van der Waals surface area contributed by atoms with Gasteiger partial charge < -0.3 is 15.0 Å². The highest BCUT2D eigenvalue weighted by Crippen LogP contribution is 2.33. The summed E-state index contributed by atoms with van der Waals surface area (Å²) in [7, 11) is 0. The monoisotopic (exact) mass is 393 g/mol. The van der Waals surface area contributed by atoms with E-state index in [1.54, 1.807) is 18.3 Å². The molecule has 0 saturated carbocycles. The second-order valence-electron chi connectivity index (χ2n) is 6.61. The summed E-state index contributed by atoms with van der Waals surface area (Å²) < 4.78 is 5.15. The molecular formula is C19H25N2O3S2+. The van der Waals surface area contributed by atoms with E-state index < -0.39 is 0 Å². The summed E-state index contributed by atoms with van der Waals surface area (Å²) in [4.78, 5) is 28.6. The van der Waals surface area contributed by atoms with Crippen molar-refractivity contribution in [2.45, 2.75) is 40.2 Å². The lowest BCUT2D eigenvalue weighted by molar-refractivity contribution is -0.923. The average molecular weight is 394 g/mol. The van der Waals surface area contributed by atoms with Crippen LogP contribution in [0.15, 0.2) is 11.4 Å². The molecule has 5 nitrogen and oxygen atoms in total. The number of ether oxygens (including phenoxy) is 1. The number of esters is 1. The summed E-state index contributed by atoms with van der Waals surface area (Å²) >= 11 is 3.24. The summed E-state index contributed by atoms with van der Waals surface area (Å²) in [6, 6.07) is 2.49. The Kier molecular flexibility index (Phi) is 5.79. The van der Waals surface area contributed by atoms with Gasteiger partial charge in [0.05, 0.1) is 18.7 Å². The minimum absolute atomic E-state index is 0.0580. The SMILES string of the molecule is CCOC(=O)c1c(NC(=O)C[NH+]2CCc3sccc3[C@@H]2C)sc(C)c1C. The van der Waals surface area contributed by atoms with Crippen LogP contribution in [-0.2, 0) is 16.0 Å². The van der Waals surface area contributed by atoms with Gasteiger partial charge in [-0.05, 0) is 44.7 Å². The standard InChI is InChI=1S/C19H24N2O3S2/c1-5-24-19(23)17-11(2)13(4)26-18(17)20-16(22)10-21-8-6-15-14(12(21)3)7-9-25-15/h7,9,12H,5-6,8,10H2,1-4H3,(H,20,22)/p+1/t12-/m0/s1. The average Bonchev–Trinajstić information content (AvgIpc) is 3.16. The van der Waals surface area contributed by atoms with Gasteiger partial charge in [0, 0.05) is 21.7 Å². The Morgan fingerprint density at radius 3 is 2.88 bits per heavy atom. The number of thiophene rings is 2. The van der Waals surface area contributed by atoms with Crippen molar-refractivity contribution in [1.82, 2.24) is 0 Å². The molecule has 140 valence electrons. The van der Waals surface area contributed by atoms with Gasteiger partial charge in [-0.2, -0.15) is 0 Å². The fourth-order valence-electron chi connectivity index (χ4n) is 3.43. The summed E-state index contributed by atoms with van der Waals surface area (Å²) in [5.41, 5.74) is 2.73. The summed E-state index contributed by atoms with van der Waals surface area (Å²) in [6.45, 7) is 9.47. The number of quaternary nitrogens is 1. The van der Waals surface area contributed by atoms with E-state index in [9.17, 15) is 9.59 Å². The Balaban J connectivity index is 1.71. The van der Waals surface area contributed by atoms with E-state index >= 15 is 0 Å². The number of aryl methyl sites for hydroxylation is 1. The Morgan fingerprint density at radius 2 is 2.15 bits per heavy atom. The lowest BCUT2D eigenvalue weighted by atomic mass is 10.0. The van der Waals surface area contributed by atoms with Gasteiger partial charge in [0.2, 0.25) is 0 Å². The number of carbonyl (C=O) groups is 2. The highest BCUT2D eigenvalue weighted by atomic mass is 32.1. The van der Waals surface area contributed by atoms with E-state index in [1.165, 1.54) is 26.7 Å². The van der Waals surface area contributed by atoms with Crippen LogP contribution in [0.1, 0.15) is 51.1 Å². The second-order valence-corrected chi connectivity index (χ2v) is 8.84. The molecule has 1 aliphatic rings. The molecule has 0 aliphatic carbocycles. The van der Waals surface area contributed by atoms with Crippen LogP contribution in [-0.4, -0.2) is 31.6 Å². The third kappa shape index (κ3) is 3.70. The largest absolute Gasteiger partial charge is 0.462 e. The van der Waals surface area contributed by atoms with E-state index in [4.69, 9.17) is 4.74 Å². The van der Waals surface area contributed by atoms with Crippen molar-refractivity contribution in [2.75, 3.05) is 25.0 Å². The zero-order valence-electron chi connectivity index (χ0n) is 15.6. The van der Waals surface area contributed by atoms with Gasteiger partial charge in [-0.3, -0.25) is 4.79 Å². The van der Waals surface area contributed by atoms with Gasteiger partial charge in [0.25, 0.3) is 5.91 Å². The Hall–Kier alpha value is -1.70. The van der Waals surface area contributed by atoms with Crippen LogP contribution in [0, 0.1) is 13.8 Å². The number of hydrogen-bond acceptors (Lipinski definition) is 5. The van der Waals surface area contributed by atoms with Crippen LogP contribution in [0.5, 0.6) is 0 Å². The smallest absolute Gasteiger partial charge is 0.341 e. The zero-order chi connectivity index (χ0) is 18.8. The maximum Gasteiger partial charge on any atom is 0.341 e. The quantitative estimate of drug-likeness (QED) is 0.768. The fraction of sp³-hybridized carbons (Fsp3) is 0.474. The first kappa shape index (κ1) is 19.1. The van der Waals surface area contributed by atoms with Crippen LogP contribution in [0.2, 0.25) is 0 Å². The molecule has 2 aromatic rings. The fourth-order valence-corrected chi connectivity index (χ4v) is 5.48. The van der Waals surface area contributed by atoms with Crippen molar-refractivity contribution in [1.29, 1.82) is 0 Å². The molecule has 3 heterocycles. The van der Waals surface area contributed by atoms with Gasteiger partial charge in [0.15, 0.2) is 6.54 Å². The van der Waals surface area contributed by atoms with Crippen LogP contribution in [0.3, 0.4) is 0 Å². The molecule has 1 amide bonds. The minimum Gasteiger partial charge on any atom is -0.462 e. The van der Waals surface area contributed by atoms with Gasteiger partial charge in [0.1, 0.15) is 11.0 Å². The molecular weight excluding hydrogens is 368 g/mol. The summed E-state index contributed by atoms with van der Waals surface area (Å²) in [5, 5.41) is 5.69. The first-order chi connectivity index (χ1) is 12.4. The maximum atomic E-state index is 12.7. The van der Waals surface area contributed by atoms with E-state index in [1.807, 2.05) is 13.8 Å². The zero-order valence-corrected chi connectivity index (χ0v) is 17.2. The van der Waals surface area contributed by atoms with Crippen LogP contribution in [0.25, 0.3) is 0 Å². The number of fused-ring (bicyclic) bond motifs is 1. The van der Waals surface area contributed by atoms with E-state index in [-0.39, 0.29) is 11.9 Å². The molecule has 0 saturated heterocycles. The first-order valence-electron chi connectivity index (χ1n) is 8.90. The van der Waals surface area contributed by atoms with E-state index in [0.29, 0.717) is 29.8 Å². The summed E-state index contributed by atoms with van der Waals surface area (Å²) in [5.74, 6) is -0.427. The van der Waals surface area contributed by atoms with Gasteiger partial charge in [-0.15, -0.1) is 22.7 Å². The number of rotatable bonds is 5. The summed E-state index contributed by atoms with van der Waals surface area (Å²) in [6.07, 6.45) is 1.02. The molecule has 1 aliphatic heterocycles. The molecule has 2 atom stereocenters.